The highest BCUT2D eigenvalue weighted by molar-refractivity contribution is 5.98. The summed E-state index contributed by atoms with van der Waals surface area (Å²) in [6, 6.07) is 7.80. The quantitative estimate of drug-likeness (QED) is 0.774. The number of amides is 2. The van der Waals surface area contributed by atoms with Crippen LogP contribution in [-0.2, 0) is 9.59 Å². The average Bonchev–Trinajstić information content (AvgIpc) is 2.49. The van der Waals surface area contributed by atoms with Gasteiger partial charge in [-0.15, -0.1) is 0 Å². The van der Waals surface area contributed by atoms with Crippen molar-refractivity contribution in [2.24, 2.45) is 0 Å². The zero-order valence-corrected chi connectivity index (χ0v) is 14.4. The Hall–Kier alpha value is -1.84. The lowest BCUT2D eigenvalue weighted by Crippen LogP contribution is -2.41. The summed E-state index contributed by atoms with van der Waals surface area (Å²) in [5.41, 5.74) is 1.92. The molecule has 1 rings (SSSR count). The molecule has 0 saturated heterocycles. The first-order valence-electron chi connectivity index (χ1n) is 7.99. The molecule has 0 aliphatic carbocycles. The fourth-order valence-electron chi connectivity index (χ4n) is 2.36. The highest BCUT2D eigenvalue weighted by Crippen LogP contribution is 2.27. The highest BCUT2D eigenvalue weighted by atomic mass is 16.2. The van der Waals surface area contributed by atoms with Crippen LogP contribution in [0.4, 0.5) is 5.69 Å². The van der Waals surface area contributed by atoms with Crippen molar-refractivity contribution < 1.29 is 9.59 Å². The van der Waals surface area contributed by atoms with Crippen molar-refractivity contribution in [3.8, 4) is 0 Å². The molecule has 4 heteroatoms. The Balaban J connectivity index is 2.96. The van der Waals surface area contributed by atoms with E-state index in [4.69, 9.17) is 0 Å². The van der Waals surface area contributed by atoms with Gasteiger partial charge in [-0.1, -0.05) is 45.4 Å². The first-order chi connectivity index (χ1) is 10.4. The molecule has 1 aromatic carbocycles. The molecule has 4 nitrogen and oxygen atoms in total. The largest absolute Gasteiger partial charge is 0.344 e. The van der Waals surface area contributed by atoms with Crippen LogP contribution in [-0.4, -0.2) is 36.9 Å². The van der Waals surface area contributed by atoms with Gasteiger partial charge in [-0.05, 0) is 24.0 Å². The number of hydrogen-bond acceptors (Lipinski definition) is 2. The molecule has 0 spiro atoms. The summed E-state index contributed by atoms with van der Waals surface area (Å²) in [6.07, 6.45) is 2.02. The van der Waals surface area contributed by atoms with Gasteiger partial charge in [0.2, 0.25) is 11.8 Å². The average molecular weight is 304 g/mol. The van der Waals surface area contributed by atoms with E-state index in [1.54, 1.807) is 16.8 Å². The van der Waals surface area contributed by atoms with Crippen LogP contribution in [0.5, 0.6) is 0 Å². The number of anilines is 1. The number of nitrogens with zero attached hydrogens (tertiary/aromatic N) is 2. The third-order valence-corrected chi connectivity index (χ3v) is 3.80. The van der Waals surface area contributed by atoms with Crippen LogP contribution >= 0.6 is 0 Å². The Morgan fingerprint density at radius 1 is 1.18 bits per heavy atom. The maximum absolute atomic E-state index is 12.4. The van der Waals surface area contributed by atoms with Crippen molar-refractivity contribution in [3.63, 3.8) is 0 Å². The lowest BCUT2D eigenvalue weighted by Gasteiger charge is -2.27. The second-order valence-corrected chi connectivity index (χ2v) is 5.99. The van der Waals surface area contributed by atoms with E-state index in [0.29, 0.717) is 5.92 Å². The van der Waals surface area contributed by atoms with E-state index in [0.717, 1.165) is 30.6 Å². The van der Waals surface area contributed by atoms with Gasteiger partial charge in [-0.2, -0.15) is 0 Å². The summed E-state index contributed by atoms with van der Waals surface area (Å²) in [7, 11) is 1.80. The van der Waals surface area contributed by atoms with Crippen molar-refractivity contribution in [1.29, 1.82) is 0 Å². The molecule has 0 fully saturated rings. The van der Waals surface area contributed by atoms with Gasteiger partial charge in [0.25, 0.3) is 0 Å². The van der Waals surface area contributed by atoms with Gasteiger partial charge < -0.3 is 9.80 Å². The third-order valence-electron chi connectivity index (χ3n) is 3.80. The predicted octanol–water partition coefficient (Wildman–Crippen LogP) is 3.42. The van der Waals surface area contributed by atoms with E-state index >= 15 is 0 Å². The van der Waals surface area contributed by atoms with Crippen LogP contribution in [0.2, 0.25) is 0 Å². The molecule has 0 aromatic heterocycles. The number of para-hydroxylation sites is 1. The molecule has 0 radical (unpaired) electrons. The summed E-state index contributed by atoms with van der Waals surface area (Å²) >= 11 is 0. The molecule has 0 bridgehead atoms. The van der Waals surface area contributed by atoms with E-state index in [1.165, 1.54) is 6.92 Å². The van der Waals surface area contributed by atoms with Crippen LogP contribution in [0.25, 0.3) is 0 Å². The van der Waals surface area contributed by atoms with Crippen LogP contribution in [0.15, 0.2) is 24.3 Å². The van der Waals surface area contributed by atoms with Gasteiger partial charge in [-0.3, -0.25) is 9.59 Å². The van der Waals surface area contributed by atoms with Crippen molar-refractivity contribution in [3.05, 3.63) is 29.8 Å². The Kier molecular flexibility index (Phi) is 7.09. The summed E-state index contributed by atoms with van der Waals surface area (Å²) < 4.78 is 0. The SMILES string of the molecule is CCCCN(C)C(=O)CN(C(C)=O)c1ccccc1C(C)C. The molecule has 22 heavy (non-hydrogen) atoms. The lowest BCUT2D eigenvalue weighted by molar-refractivity contribution is -0.130. The topological polar surface area (TPSA) is 40.6 Å². The monoisotopic (exact) mass is 304 g/mol. The smallest absolute Gasteiger partial charge is 0.242 e. The summed E-state index contributed by atoms with van der Waals surface area (Å²) in [5, 5.41) is 0. The summed E-state index contributed by atoms with van der Waals surface area (Å²) in [5.74, 6) is 0.165. The van der Waals surface area contributed by atoms with Gasteiger partial charge in [-0.25, -0.2) is 0 Å². The molecule has 0 saturated carbocycles. The van der Waals surface area contributed by atoms with Crippen molar-refractivity contribution in [2.75, 3.05) is 25.0 Å². The number of benzene rings is 1. The number of unbranched alkanes of at least 4 members (excludes halogenated alkanes) is 1. The second kappa shape index (κ2) is 8.57. The van der Waals surface area contributed by atoms with Gasteiger partial charge in [0, 0.05) is 26.2 Å². The molecule has 0 aliphatic rings. The number of carbonyl (C=O) groups excluding carboxylic acids is 2. The fraction of sp³-hybridized carbons (Fsp3) is 0.556. The van der Waals surface area contributed by atoms with Gasteiger partial charge in [0.1, 0.15) is 6.54 Å². The van der Waals surface area contributed by atoms with Crippen LogP contribution in [0.1, 0.15) is 52.0 Å². The molecule has 2 amide bonds. The van der Waals surface area contributed by atoms with E-state index in [2.05, 4.69) is 20.8 Å². The molecule has 122 valence electrons. The van der Waals surface area contributed by atoms with Crippen LogP contribution in [0, 0.1) is 0 Å². The van der Waals surface area contributed by atoms with Crippen LogP contribution < -0.4 is 4.90 Å². The minimum absolute atomic E-state index is 0.0257. The fourth-order valence-corrected chi connectivity index (χ4v) is 2.36. The van der Waals surface area contributed by atoms with Gasteiger partial charge >= 0.3 is 0 Å². The molecule has 0 heterocycles. The van der Waals surface area contributed by atoms with E-state index < -0.39 is 0 Å². The van der Waals surface area contributed by atoms with Gasteiger partial charge in [0.05, 0.1) is 0 Å². The molecule has 0 N–H and O–H groups in total. The second-order valence-electron chi connectivity index (χ2n) is 5.99. The number of hydrogen-bond donors (Lipinski definition) is 0. The zero-order valence-electron chi connectivity index (χ0n) is 14.4. The molecular weight excluding hydrogens is 276 g/mol. The standard InChI is InChI=1S/C18H28N2O2/c1-6-7-12-19(5)18(22)13-20(15(4)21)17-11-9-8-10-16(17)14(2)3/h8-11,14H,6-7,12-13H2,1-5H3. The van der Waals surface area contributed by atoms with Crippen molar-refractivity contribution in [1.82, 2.24) is 4.90 Å². The summed E-state index contributed by atoms with van der Waals surface area (Å²) in [6.45, 7) is 8.61. The number of carbonyl (C=O) groups is 2. The molecule has 0 atom stereocenters. The van der Waals surface area contributed by atoms with E-state index in [1.807, 2.05) is 24.3 Å². The third kappa shape index (κ3) is 4.86. The molecule has 0 unspecified atom stereocenters. The normalized spacial score (nSPS) is 10.6. The number of rotatable bonds is 7. The summed E-state index contributed by atoms with van der Waals surface area (Å²) in [4.78, 5) is 27.7. The van der Waals surface area contributed by atoms with Crippen molar-refractivity contribution in [2.45, 2.75) is 46.5 Å². The minimum atomic E-state index is -0.106. The van der Waals surface area contributed by atoms with Crippen LogP contribution in [0.3, 0.4) is 0 Å². The Morgan fingerprint density at radius 2 is 1.82 bits per heavy atom. The maximum Gasteiger partial charge on any atom is 0.242 e. The molecular formula is C18H28N2O2. The molecule has 1 aromatic rings. The minimum Gasteiger partial charge on any atom is -0.344 e. The number of likely N-dealkylation sites (N-methyl/N-ethyl adjacent to an activating group) is 1. The Morgan fingerprint density at radius 3 is 2.36 bits per heavy atom. The zero-order chi connectivity index (χ0) is 16.7. The first kappa shape index (κ1) is 18.2. The first-order valence-corrected chi connectivity index (χ1v) is 7.99. The van der Waals surface area contributed by atoms with Gasteiger partial charge in [0.15, 0.2) is 0 Å². The Bertz CT molecular complexity index is 512. The van der Waals surface area contributed by atoms with Crippen molar-refractivity contribution >= 4 is 17.5 Å². The highest BCUT2D eigenvalue weighted by Gasteiger charge is 2.21. The maximum atomic E-state index is 12.4. The molecule has 0 aliphatic heterocycles. The van der Waals surface area contributed by atoms with E-state index in [-0.39, 0.29) is 18.4 Å². The lowest BCUT2D eigenvalue weighted by atomic mass is 10.0. The van der Waals surface area contributed by atoms with E-state index in [9.17, 15) is 9.59 Å². The Labute approximate surface area is 134 Å². The predicted molar refractivity (Wildman–Crippen MR) is 91.1 cm³/mol.